The predicted molar refractivity (Wildman–Crippen MR) is 181 cm³/mol. The lowest BCUT2D eigenvalue weighted by molar-refractivity contribution is -0.145. The number of piperidine rings is 2. The topological polar surface area (TPSA) is 201 Å². The number of sulfonamides is 1. The molecule has 0 radical (unpaired) electrons. The third kappa shape index (κ3) is 8.08. The van der Waals surface area contributed by atoms with Crippen LogP contribution in [-0.2, 0) is 35.6 Å². The van der Waals surface area contributed by atoms with Gasteiger partial charge in [-0.2, -0.15) is 4.31 Å². The number of aromatic nitrogens is 1. The number of hydrogen-bond donors (Lipinski definition) is 4. The van der Waals surface area contributed by atoms with Gasteiger partial charge in [-0.25, -0.2) is 13.2 Å². The summed E-state index contributed by atoms with van der Waals surface area (Å²) in [6.07, 6.45) is 6.20. The maximum Gasteiger partial charge on any atom is 0.315 e. The number of Topliss-reactive ketones (excluding diaryl/α,β-unsaturated/α-hetero) is 1. The minimum absolute atomic E-state index is 0.0428. The Balaban J connectivity index is 1.37. The lowest BCUT2D eigenvalue weighted by atomic mass is 9.84. The number of likely N-dealkylation sites (tertiary alicyclic amines) is 1. The molecule has 0 spiro atoms. The van der Waals surface area contributed by atoms with E-state index in [4.69, 9.17) is 5.73 Å². The molecule has 2 aliphatic heterocycles. The van der Waals surface area contributed by atoms with Crippen molar-refractivity contribution in [1.82, 2.24) is 30.1 Å². The number of urea groups is 1. The molecule has 270 valence electrons. The van der Waals surface area contributed by atoms with Crippen molar-refractivity contribution in [3.05, 3.63) is 30.1 Å². The van der Waals surface area contributed by atoms with Crippen LogP contribution in [0.15, 0.2) is 24.4 Å². The number of nitrogens with one attached hydrogen (secondary N) is 3. The second-order valence-electron chi connectivity index (χ2n) is 16.2. The smallest absolute Gasteiger partial charge is 0.315 e. The van der Waals surface area contributed by atoms with Gasteiger partial charge in [0.2, 0.25) is 27.6 Å². The van der Waals surface area contributed by atoms with Crippen LogP contribution in [0.5, 0.6) is 0 Å². The van der Waals surface area contributed by atoms with Crippen molar-refractivity contribution in [2.75, 3.05) is 25.9 Å². The van der Waals surface area contributed by atoms with Gasteiger partial charge in [0.05, 0.1) is 17.8 Å². The van der Waals surface area contributed by atoms with Crippen LogP contribution >= 0.6 is 0 Å². The minimum atomic E-state index is -3.55. The summed E-state index contributed by atoms with van der Waals surface area (Å²) >= 11 is 0. The Kier molecular flexibility index (Phi) is 9.94. The first-order chi connectivity index (χ1) is 22.7. The van der Waals surface area contributed by atoms with Gasteiger partial charge in [-0.3, -0.25) is 24.2 Å². The molecule has 15 heteroatoms. The minimum Gasteiger partial charge on any atom is -0.363 e. The van der Waals surface area contributed by atoms with Crippen molar-refractivity contribution in [3.63, 3.8) is 0 Å². The summed E-state index contributed by atoms with van der Waals surface area (Å²) in [5.74, 6) is -2.82. The van der Waals surface area contributed by atoms with Gasteiger partial charge in [0.25, 0.3) is 5.91 Å². The van der Waals surface area contributed by atoms with E-state index in [0.29, 0.717) is 38.0 Å². The van der Waals surface area contributed by atoms with Gasteiger partial charge < -0.3 is 26.6 Å². The van der Waals surface area contributed by atoms with E-state index < -0.39 is 68.6 Å². The van der Waals surface area contributed by atoms with Gasteiger partial charge in [0, 0.05) is 37.9 Å². The molecule has 1 aromatic rings. The molecular weight excluding hydrogens is 650 g/mol. The van der Waals surface area contributed by atoms with E-state index in [2.05, 4.69) is 20.9 Å². The molecule has 2 saturated carbocycles. The van der Waals surface area contributed by atoms with Crippen LogP contribution in [0, 0.1) is 28.6 Å². The van der Waals surface area contributed by atoms with E-state index in [-0.39, 0.29) is 36.1 Å². The van der Waals surface area contributed by atoms with Crippen LogP contribution < -0.4 is 21.7 Å². The van der Waals surface area contributed by atoms with Crippen molar-refractivity contribution < 1.29 is 32.4 Å². The van der Waals surface area contributed by atoms with E-state index >= 15 is 0 Å². The molecule has 2 unspecified atom stereocenters. The molecule has 4 fully saturated rings. The van der Waals surface area contributed by atoms with Gasteiger partial charge >= 0.3 is 6.03 Å². The van der Waals surface area contributed by atoms with Gasteiger partial charge in [-0.1, -0.05) is 53.5 Å². The third-order valence-corrected chi connectivity index (χ3v) is 12.2. The average molecular weight is 702 g/mol. The maximum atomic E-state index is 14.4. The Hall–Kier alpha value is -3.59. The molecule has 3 heterocycles. The highest BCUT2D eigenvalue weighted by molar-refractivity contribution is 7.88. The number of hydrogen-bond acceptors (Lipinski definition) is 8. The molecule has 5 rings (SSSR count). The van der Waals surface area contributed by atoms with Gasteiger partial charge in [-0.15, -0.1) is 0 Å². The van der Waals surface area contributed by atoms with Crippen molar-refractivity contribution in [2.45, 2.75) is 96.8 Å². The molecule has 4 aliphatic rings. The van der Waals surface area contributed by atoms with E-state index in [1.165, 1.54) is 9.21 Å². The zero-order valence-electron chi connectivity index (χ0n) is 29.3. The second-order valence-corrected chi connectivity index (χ2v) is 18.2. The SMILES string of the molecule is CC(C)(C)[C@H](NC(=O)NC1(Cc2ccccn2)CCCN(S(C)(=O)=O)C1)C(=O)N1C[C@H]2[C@@H]([C@H]1C(=O)NC(CC1CC1)C(=O)C(N)=O)C2(C)C. The number of nitrogens with two attached hydrogens (primary N) is 1. The largest absolute Gasteiger partial charge is 0.363 e. The lowest BCUT2D eigenvalue weighted by Crippen LogP contribution is -2.65. The van der Waals surface area contributed by atoms with Crippen LogP contribution in [0.2, 0.25) is 0 Å². The van der Waals surface area contributed by atoms with Gasteiger partial charge in [0.15, 0.2) is 0 Å². The normalized spacial score (nSPS) is 27.7. The van der Waals surface area contributed by atoms with E-state index in [0.717, 1.165) is 19.1 Å². The summed E-state index contributed by atoms with van der Waals surface area (Å²) < 4.78 is 26.5. The highest BCUT2D eigenvalue weighted by Crippen LogP contribution is 2.65. The molecule has 49 heavy (non-hydrogen) atoms. The van der Waals surface area contributed by atoms with Crippen LogP contribution in [0.25, 0.3) is 0 Å². The molecule has 0 aromatic carbocycles. The summed E-state index contributed by atoms with van der Waals surface area (Å²) in [5.41, 5.74) is 4.01. The lowest BCUT2D eigenvalue weighted by Gasteiger charge is -2.43. The standard InChI is InChI=1S/C34H51N7O7S/c1-32(2,3)27(38-31(46)39-34(17-21-10-7-8-14-36-21)13-9-15-40(19-34)49(6,47)48)30(45)41-18-22-24(33(22,4)5)25(41)29(44)37-23(16-20-11-12-20)26(42)28(35)43/h7-8,10,14,20,22-25,27H,9,11-13,15-19H2,1-6H3,(H2,35,43)(H,37,44)(H2,38,39,46)/t22-,23?,24-,25-,27+,34?/m0/s1. The molecule has 2 saturated heterocycles. The predicted octanol–water partition coefficient (Wildman–Crippen LogP) is 0.955. The molecular formula is C34H51N7O7S. The van der Waals surface area contributed by atoms with Crippen LogP contribution in [0.4, 0.5) is 4.79 Å². The van der Waals surface area contributed by atoms with Crippen LogP contribution in [0.3, 0.4) is 0 Å². The summed E-state index contributed by atoms with van der Waals surface area (Å²) in [6.45, 7) is 10.2. The Bertz CT molecular complexity index is 1590. The fraction of sp³-hybridized carbons (Fsp3) is 0.706. The second kappa shape index (κ2) is 13.3. The Morgan fingerprint density at radius 2 is 1.80 bits per heavy atom. The summed E-state index contributed by atoms with van der Waals surface area (Å²) in [6, 6.07) is 1.77. The molecule has 2 aliphatic carbocycles. The van der Waals surface area contributed by atoms with Gasteiger partial charge in [-0.05, 0) is 60.0 Å². The number of carbonyl (C=O) groups excluding carboxylic acids is 5. The Morgan fingerprint density at radius 1 is 1.10 bits per heavy atom. The zero-order chi connectivity index (χ0) is 36.1. The van der Waals surface area contributed by atoms with E-state index in [1.807, 2.05) is 46.8 Å². The Morgan fingerprint density at radius 3 is 2.37 bits per heavy atom. The number of nitrogens with zero attached hydrogens (tertiary/aromatic N) is 3. The molecule has 5 amide bonds. The molecule has 14 nitrogen and oxygen atoms in total. The average Bonchev–Trinajstić information content (AvgIpc) is 3.85. The molecule has 6 atom stereocenters. The van der Waals surface area contributed by atoms with Crippen molar-refractivity contribution in [1.29, 1.82) is 0 Å². The van der Waals surface area contributed by atoms with Crippen molar-refractivity contribution in [3.8, 4) is 0 Å². The number of rotatable bonds is 12. The van der Waals surface area contributed by atoms with Gasteiger partial charge in [0.1, 0.15) is 12.1 Å². The van der Waals surface area contributed by atoms with Crippen LogP contribution in [-0.4, -0.2) is 102 Å². The number of primary amides is 1. The Labute approximate surface area is 288 Å². The molecule has 0 bridgehead atoms. The van der Waals surface area contributed by atoms with E-state index in [9.17, 15) is 32.4 Å². The summed E-state index contributed by atoms with van der Waals surface area (Å²) in [5, 5.41) is 8.69. The molecule has 5 N–H and O–H groups in total. The number of carbonyl (C=O) groups is 5. The molecule has 1 aromatic heterocycles. The number of ketones is 1. The summed E-state index contributed by atoms with van der Waals surface area (Å²) in [7, 11) is -3.55. The number of pyridine rings is 1. The first-order valence-corrected chi connectivity index (χ1v) is 19.0. The number of fused-ring (bicyclic) bond motifs is 1. The van der Waals surface area contributed by atoms with Crippen LogP contribution in [0.1, 0.15) is 72.4 Å². The van der Waals surface area contributed by atoms with E-state index in [1.54, 1.807) is 12.3 Å². The highest BCUT2D eigenvalue weighted by Gasteiger charge is 2.70. The first-order valence-electron chi connectivity index (χ1n) is 17.1. The van der Waals surface area contributed by atoms with Crippen molar-refractivity contribution in [2.24, 2.45) is 34.3 Å². The fourth-order valence-corrected chi connectivity index (χ4v) is 8.84. The summed E-state index contributed by atoms with van der Waals surface area (Å²) in [4.78, 5) is 72.7. The highest BCUT2D eigenvalue weighted by atomic mass is 32.2. The number of amides is 5. The third-order valence-electron chi connectivity index (χ3n) is 10.9. The fourth-order valence-electron chi connectivity index (χ4n) is 7.90. The maximum absolute atomic E-state index is 14.4. The first kappa shape index (κ1) is 36.7. The monoisotopic (exact) mass is 701 g/mol. The van der Waals surface area contributed by atoms with Crippen molar-refractivity contribution >= 4 is 39.6 Å². The quantitative estimate of drug-likeness (QED) is 0.231. The zero-order valence-corrected chi connectivity index (χ0v) is 30.1.